The summed E-state index contributed by atoms with van der Waals surface area (Å²) in [6.07, 6.45) is -4.47. The second-order valence-corrected chi connectivity index (χ2v) is 4.24. The molecule has 2 nitrogen and oxygen atoms in total. The topological polar surface area (TPSA) is 33.0 Å². The Bertz CT molecular complexity index is 654. The van der Waals surface area contributed by atoms with Gasteiger partial charge in [0.25, 0.3) is 0 Å². The number of hydrogen-bond acceptors (Lipinski definition) is 2. The van der Waals surface area contributed by atoms with Crippen molar-refractivity contribution in [2.24, 2.45) is 0 Å². The van der Waals surface area contributed by atoms with Gasteiger partial charge in [-0.25, -0.2) is 0 Å². The molecule has 2 aromatic rings. The minimum absolute atomic E-state index is 0.0542. The molecule has 0 bridgehead atoms. The highest BCUT2D eigenvalue weighted by atomic mass is 19.4. The number of alkyl halides is 3. The zero-order valence-corrected chi connectivity index (χ0v) is 10.5. The minimum Gasteiger partial charge on any atom is -0.456 e. The molecule has 0 saturated heterocycles. The van der Waals surface area contributed by atoms with Crippen LogP contribution in [-0.4, -0.2) is 0 Å². The molecule has 0 aliphatic rings. The Hall–Kier alpha value is -2.48. The number of nitrogens with zero attached hydrogens (tertiary/aromatic N) is 1. The summed E-state index contributed by atoms with van der Waals surface area (Å²) in [6.45, 7) is 1.88. The average Bonchev–Trinajstić information content (AvgIpc) is 2.40. The van der Waals surface area contributed by atoms with Crippen molar-refractivity contribution in [3.63, 3.8) is 0 Å². The van der Waals surface area contributed by atoms with Gasteiger partial charge < -0.3 is 4.74 Å². The fourth-order valence-corrected chi connectivity index (χ4v) is 1.61. The zero-order valence-electron chi connectivity index (χ0n) is 10.5. The molecular weight excluding hydrogens is 267 g/mol. The van der Waals surface area contributed by atoms with Crippen molar-refractivity contribution in [2.45, 2.75) is 13.1 Å². The van der Waals surface area contributed by atoms with Gasteiger partial charge in [0.05, 0.1) is 11.1 Å². The van der Waals surface area contributed by atoms with Crippen molar-refractivity contribution in [1.29, 1.82) is 5.26 Å². The van der Waals surface area contributed by atoms with Crippen LogP contribution in [0.2, 0.25) is 0 Å². The predicted octanol–water partition coefficient (Wildman–Crippen LogP) is 4.68. The van der Waals surface area contributed by atoms with Crippen LogP contribution in [0.4, 0.5) is 13.2 Å². The Morgan fingerprint density at radius 2 is 1.70 bits per heavy atom. The van der Waals surface area contributed by atoms with Gasteiger partial charge in [-0.15, -0.1) is 0 Å². The lowest BCUT2D eigenvalue weighted by Gasteiger charge is -2.11. The predicted molar refractivity (Wildman–Crippen MR) is 67.4 cm³/mol. The number of halogens is 3. The molecule has 102 valence electrons. The monoisotopic (exact) mass is 277 g/mol. The fourth-order valence-electron chi connectivity index (χ4n) is 1.61. The molecule has 0 spiro atoms. The molecule has 0 atom stereocenters. The van der Waals surface area contributed by atoms with Gasteiger partial charge in [-0.2, -0.15) is 18.4 Å². The number of rotatable bonds is 2. The van der Waals surface area contributed by atoms with Crippen molar-refractivity contribution in [3.05, 3.63) is 59.2 Å². The molecule has 2 rings (SSSR count). The molecule has 0 saturated carbocycles. The molecule has 20 heavy (non-hydrogen) atoms. The molecule has 0 radical (unpaired) electrons. The number of ether oxygens (including phenoxy) is 1. The summed E-state index contributed by atoms with van der Waals surface area (Å²) in [6, 6.07) is 11.4. The van der Waals surface area contributed by atoms with Crippen molar-refractivity contribution in [1.82, 2.24) is 0 Å². The average molecular weight is 277 g/mol. The SMILES string of the molecule is Cc1ccc(Oc2cc(C(F)(F)F)ccc2C#N)cc1. The van der Waals surface area contributed by atoms with Gasteiger partial charge in [-0.05, 0) is 37.3 Å². The summed E-state index contributed by atoms with van der Waals surface area (Å²) in [5, 5.41) is 8.92. The summed E-state index contributed by atoms with van der Waals surface area (Å²) in [5.74, 6) is 0.276. The van der Waals surface area contributed by atoms with E-state index in [1.807, 2.05) is 13.0 Å². The summed E-state index contributed by atoms with van der Waals surface area (Å²) in [7, 11) is 0. The standard InChI is InChI=1S/C15H10F3NO/c1-10-2-6-13(7-3-10)20-14-8-12(15(16,17)18)5-4-11(14)9-19/h2-8H,1H3. The second-order valence-electron chi connectivity index (χ2n) is 4.24. The van der Waals surface area contributed by atoms with Crippen LogP contribution in [-0.2, 0) is 6.18 Å². The second kappa shape index (κ2) is 5.25. The van der Waals surface area contributed by atoms with Crippen LogP contribution in [0.25, 0.3) is 0 Å². The van der Waals surface area contributed by atoms with Crippen LogP contribution in [0.3, 0.4) is 0 Å². The molecule has 2 aromatic carbocycles. The van der Waals surface area contributed by atoms with Crippen molar-refractivity contribution in [2.75, 3.05) is 0 Å². The molecule has 0 amide bonds. The Kier molecular flexibility index (Phi) is 3.66. The third kappa shape index (κ3) is 3.09. The van der Waals surface area contributed by atoms with Crippen LogP contribution in [0, 0.1) is 18.3 Å². The normalized spacial score (nSPS) is 10.9. The van der Waals surface area contributed by atoms with Gasteiger partial charge >= 0.3 is 6.18 Å². The van der Waals surface area contributed by atoms with Crippen molar-refractivity contribution < 1.29 is 17.9 Å². The number of nitriles is 1. The maximum atomic E-state index is 12.7. The van der Waals surface area contributed by atoms with E-state index in [9.17, 15) is 13.2 Å². The maximum absolute atomic E-state index is 12.7. The Labute approximate surface area is 114 Å². The minimum atomic E-state index is -4.47. The lowest BCUT2D eigenvalue weighted by molar-refractivity contribution is -0.137. The van der Waals surface area contributed by atoms with Crippen LogP contribution in [0.1, 0.15) is 16.7 Å². The van der Waals surface area contributed by atoms with Gasteiger partial charge in [0.1, 0.15) is 17.6 Å². The molecule has 0 aliphatic heterocycles. The Morgan fingerprint density at radius 1 is 1.05 bits per heavy atom. The van der Waals surface area contributed by atoms with E-state index in [0.717, 1.165) is 23.8 Å². The van der Waals surface area contributed by atoms with E-state index in [1.165, 1.54) is 0 Å². The van der Waals surface area contributed by atoms with Gasteiger partial charge in [0, 0.05) is 0 Å². The van der Waals surface area contributed by atoms with E-state index in [2.05, 4.69) is 0 Å². The Balaban J connectivity index is 2.39. The molecular formula is C15H10F3NO. The van der Waals surface area contributed by atoms with E-state index in [4.69, 9.17) is 10.00 Å². The van der Waals surface area contributed by atoms with Crippen molar-refractivity contribution >= 4 is 0 Å². The molecule has 0 unspecified atom stereocenters. The van der Waals surface area contributed by atoms with E-state index in [-0.39, 0.29) is 11.3 Å². The zero-order chi connectivity index (χ0) is 14.8. The largest absolute Gasteiger partial charge is 0.456 e. The number of hydrogen-bond donors (Lipinski definition) is 0. The lowest BCUT2D eigenvalue weighted by atomic mass is 10.1. The molecule has 0 heterocycles. The van der Waals surface area contributed by atoms with Crippen LogP contribution < -0.4 is 4.74 Å². The highest BCUT2D eigenvalue weighted by Crippen LogP contribution is 2.34. The van der Waals surface area contributed by atoms with Crippen LogP contribution >= 0.6 is 0 Å². The first-order chi connectivity index (χ1) is 9.40. The van der Waals surface area contributed by atoms with Crippen LogP contribution in [0.5, 0.6) is 11.5 Å². The third-order valence-corrected chi connectivity index (χ3v) is 2.68. The molecule has 0 N–H and O–H groups in total. The van der Waals surface area contributed by atoms with Crippen molar-refractivity contribution in [3.8, 4) is 17.6 Å². The number of aryl methyl sites for hydroxylation is 1. The summed E-state index contributed by atoms with van der Waals surface area (Å²) < 4.78 is 43.3. The lowest BCUT2D eigenvalue weighted by Crippen LogP contribution is -2.05. The summed E-state index contributed by atoms with van der Waals surface area (Å²) in [5.41, 5.74) is 0.207. The highest BCUT2D eigenvalue weighted by molar-refractivity contribution is 5.48. The molecule has 0 fully saturated rings. The summed E-state index contributed by atoms with van der Waals surface area (Å²) in [4.78, 5) is 0. The van der Waals surface area contributed by atoms with E-state index in [1.54, 1.807) is 24.3 Å². The first-order valence-electron chi connectivity index (χ1n) is 5.76. The van der Waals surface area contributed by atoms with E-state index >= 15 is 0 Å². The van der Waals surface area contributed by atoms with Crippen LogP contribution in [0.15, 0.2) is 42.5 Å². The summed E-state index contributed by atoms with van der Waals surface area (Å²) >= 11 is 0. The van der Waals surface area contributed by atoms with E-state index < -0.39 is 11.7 Å². The third-order valence-electron chi connectivity index (χ3n) is 2.68. The smallest absolute Gasteiger partial charge is 0.416 e. The van der Waals surface area contributed by atoms with Gasteiger partial charge in [0.2, 0.25) is 0 Å². The molecule has 0 aromatic heterocycles. The quantitative estimate of drug-likeness (QED) is 0.798. The van der Waals surface area contributed by atoms with E-state index in [0.29, 0.717) is 5.75 Å². The number of benzene rings is 2. The highest BCUT2D eigenvalue weighted by Gasteiger charge is 2.31. The first-order valence-corrected chi connectivity index (χ1v) is 5.76. The van der Waals surface area contributed by atoms with Gasteiger partial charge in [-0.1, -0.05) is 17.7 Å². The van der Waals surface area contributed by atoms with Gasteiger partial charge in [-0.3, -0.25) is 0 Å². The maximum Gasteiger partial charge on any atom is 0.416 e. The molecule has 0 aliphatic carbocycles. The molecule has 5 heteroatoms. The van der Waals surface area contributed by atoms with Gasteiger partial charge in [0.15, 0.2) is 0 Å². The Morgan fingerprint density at radius 3 is 2.25 bits per heavy atom. The fraction of sp³-hybridized carbons (Fsp3) is 0.133. The first kappa shape index (κ1) is 13.9.